The second-order valence-corrected chi connectivity index (χ2v) is 2.01. The molecule has 78 valence electrons. The smallest absolute Gasteiger partial charge is 0.339 e. The van der Waals surface area contributed by atoms with Crippen molar-refractivity contribution in [1.82, 2.24) is 0 Å². The lowest BCUT2D eigenvalue weighted by Gasteiger charge is -1.76. The maximum atomic E-state index is 9.44. The van der Waals surface area contributed by atoms with Gasteiger partial charge in [0.25, 0.3) is 5.97 Å². The van der Waals surface area contributed by atoms with Gasteiger partial charge in [0.15, 0.2) is 0 Å². The van der Waals surface area contributed by atoms with Crippen molar-refractivity contribution < 1.29 is 29.6 Å². The van der Waals surface area contributed by atoms with Crippen molar-refractivity contribution in [1.29, 1.82) is 0 Å². The number of aliphatic carboxylic acids is 1. The predicted molar refractivity (Wildman–Crippen MR) is 44.1 cm³/mol. The van der Waals surface area contributed by atoms with Crippen LogP contribution in [0.1, 0.15) is 27.7 Å². The Morgan fingerprint density at radius 1 is 1.00 bits per heavy atom. The first-order valence-corrected chi connectivity index (χ1v) is 3.22. The second-order valence-electron chi connectivity index (χ2n) is 2.01. The van der Waals surface area contributed by atoms with Gasteiger partial charge in [0.1, 0.15) is 5.78 Å². The third-order valence-corrected chi connectivity index (χ3v) is 0.129. The van der Waals surface area contributed by atoms with Crippen LogP contribution in [0.15, 0.2) is 0 Å². The second kappa shape index (κ2) is 13.2. The zero-order valence-electron chi connectivity index (χ0n) is 8.03. The molecule has 0 atom stereocenters. The first-order valence-electron chi connectivity index (χ1n) is 3.22. The van der Waals surface area contributed by atoms with E-state index in [0.29, 0.717) is 0 Å². The van der Waals surface area contributed by atoms with Crippen molar-refractivity contribution in [3.63, 3.8) is 0 Å². The number of hydrogen-bond donors (Lipinski definition) is 2. The summed E-state index contributed by atoms with van der Waals surface area (Å²) in [5.41, 5.74) is 0. The molecular weight excluding hydrogens is 180 g/mol. The first kappa shape index (κ1) is 17.6. The molecule has 0 unspecified atom stereocenters. The van der Waals surface area contributed by atoms with Crippen LogP contribution in [-0.4, -0.2) is 28.1 Å². The molecule has 0 radical (unpaired) electrons. The van der Waals surface area contributed by atoms with Gasteiger partial charge in [0, 0.05) is 13.8 Å². The van der Waals surface area contributed by atoms with Crippen LogP contribution in [0.2, 0.25) is 0 Å². The van der Waals surface area contributed by atoms with Gasteiger partial charge < -0.3 is 14.8 Å². The van der Waals surface area contributed by atoms with Crippen LogP contribution in [0, 0.1) is 0 Å². The molecule has 0 heterocycles. The van der Waals surface area contributed by atoms with Crippen LogP contribution in [-0.2, 0) is 19.3 Å². The Morgan fingerprint density at radius 2 is 1.08 bits per heavy atom. The Labute approximate surface area is 76.1 Å². The number of hydrogen-bond acceptors (Lipinski definition) is 5. The van der Waals surface area contributed by atoms with E-state index < -0.39 is 11.9 Å². The van der Waals surface area contributed by atoms with Crippen molar-refractivity contribution in [3.05, 3.63) is 0 Å². The Balaban J connectivity index is -0.000000117. The van der Waals surface area contributed by atoms with E-state index in [4.69, 9.17) is 15.2 Å². The molecule has 0 amide bonds. The molecule has 0 rings (SSSR count). The Hall–Kier alpha value is -1.43. The third-order valence-electron chi connectivity index (χ3n) is 0.129. The number of carboxylic acids is 1. The summed E-state index contributed by atoms with van der Waals surface area (Å²) >= 11 is 0. The molecule has 0 aliphatic heterocycles. The molecule has 6 heteroatoms. The molecule has 0 aromatic rings. The van der Waals surface area contributed by atoms with Crippen molar-refractivity contribution >= 4 is 17.7 Å². The molecule has 0 fully saturated rings. The lowest BCUT2D eigenvalue weighted by atomic mass is 10.6. The highest BCUT2D eigenvalue weighted by Crippen LogP contribution is 1.59. The van der Waals surface area contributed by atoms with Gasteiger partial charge in [0.2, 0.25) is 0 Å². The van der Waals surface area contributed by atoms with E-state index in [1.54, 1.807) is 0 Å². The summed E-state index contributed by atoms with van der Waals surface area (Å²) < 4.78 is 0. The predicted octanol–water partition coefficient (Wildman–Crippen LogP) is 0.709. The molecule has 0 saturated heterocycles. The van der Waals surface area contributed by atoms with E-state index in [1.807, 2.05) is 0 Å². The topological polar surface area (TPSA) is 101 Å². The van der Waals surface area contributed by atoms with Crippen LogP contribution in [0.3, 0.4) is 0 Å². The van der Waals surface area contributed by atoms with Crippen LogP contribution >= 0.6 is 0 Å². The fourth-order valence-corrected chi connectivity index (χ4v) is 0. The molecule has 0 spiro atoms. The van der Waals surface area contributed by atoms with Crippen molar-refractivity contribution in [3.8, 4) is 0 Å². The highest BCUT2D eigenvalue weighted by molar-refractivity contribution is 5.72. The Morgan fingerprint density at radius 3 is 1.08 bits per heavy atom. The van der Waals surface area contributed by atoms with E-state index in [0.717, 1.165) is 13.8 Å². The fourth-order valence-electron chi connectivity index (χ4n) is 0. The van der Waals surface area contributed by atoms with Gasteiger partial charge in [-0.3, -0.25) is 4.79 Å². The van der Waals surface area contributed by atoms with Crippen LogP contribution in [0.5, 0.6) is 0 Å². The average Bonchev–Trinajstić information content (AvgIpc) is 1.84. The number of rotatable bonds is 0. The molecule has 0 aromatic carbocycles. The monoisotopic (exact) mass is 194 g/mol. The van der Waals surface area contributed by atoms with Gasteiger partial charge >= 0.3 is 5.97 Å². The fraction of sp³-hybridized carbons (Fsp3) is 0.571. The standard InChI is InChI=1S/C3H6O.C2H4O3.C2H4O2/c1-3(2)4;1-2(3)5-4;1-2(3)4/h1-2H3;4H,1H3;1H3,(H,3,4). The van der Waals surface area contributed by atoms with Crippen molar-refractivity contribution in [2.24, 2.45) is 0 Å². The number of carboxylic acid groups (broad SMARTS) is 1. The number of ketones is 1. The van der Waals surface area contributed by atoms with Crippen molar-refractivity contribution in [2.45, 2.75) is 27.7 Å². The van der Waals surface area contributed by atoms with Crippen LogP contribution in [0.25, 0.3) is 0 Å². The highest BCUT2D eigenvalue weighted by Gasteiger charge is 1.79. The van der Waals surface area contributed by atoms with E-state index in [-0.39, 0.29) is 5.78 Å². The van der Waals surface area contributed by atoms with E-state index in [9.17, 15) is 9.59 Å². The third kappa shape index (κ3) is 2390. The maximum absolute atomic E-state index is 9.44. The van der Waals surface area contributed by atoms with Crippen molar-refractivity contribution in [2.75, 3.05) is 0 Å². The summed E-state index contributed by atoms with van der Waals surface area (Å²) in [7, 11) is 0. The van der Waals surface area contributed by atoms with Crippen LogP contribution < -0.4 is 0 Å². The number of carbonyl (C=O) groups is 3. The van der Waals surface area contributed by atoms with E-state index in [2.05, 4.69) is 4.89 Å². The summed E-state index contributed by atoms with van der Waals surface area (Å²) in [5.74, 6) is -1.36. The SMILES string of the molecule is CC(=O)O.CC(=O)OO.CC(C)=O. The largest absolute Gasteiger partial charge is 0.481 e. The summed E-state index contributed by atoms with van der Waals surface area (Å²) in [5, 5.41) is 14.7. The molecule has 0 bridgehead atoms. The van der Waals surface area contributed by atoms with E-state index >= 15 is 0 Å². The lowest BCUT2D eigenvalue weighted by Crippen LogP contribution is -1.89. The Kier molecular flexibility index (Phi) is 17.8. The van der Waals surface area contributed by atoms with Gasteiger partial charge in [-0.15, -0.1) is 0 Å². The molecule has 0 aromatic heterocycles. The molecule has 0 aliphatic rings. The zero-order valence-corrected chi connectivity index (χ0v) is 8.03. The van der Waals surface area contributed by atoms with Gasteiger partial charge in [-0.05, 0) is 13.8 Å². The summed E-state index contributed by atoms with van der Waals surface area (Å²) in [6.07, 6.45) is 0. The minimum absolute atomic E-state index is 0.167. The first-order chi connectivity index (χ1) is 5.73. The number of carbonyl (C=O) groups excluding carboxylic acids is 2. The maximum Gasteiger partial charge on any atom is 0.339 e. The molecule has 13 heavy (non-hydrogen) atoms. The van der Waals surface area contributed by atoms with E-state index in [1.165, 1.54) is 13.8 Å². The Bertz CT molecular complexity index is 142. The summed E-state index contributed by atoms with van der Waals surface area (Å²) in [6, 6.07) is 0. The molecule has 2 N–H and O–H groups in total. The lowest BCUT2D eigenvalue weighted by molar-refractivity contribution is -0.231. The van der Waals surface area contributed by atoms with Gasteiger partial charge in [-0.1, -0.05) is 0 Å². The normalized spacial score (nSPS) is 6.54. The summed E-state index contributed by atoms with van der Waals surface area (Å²) in [6.45, 7) is 5.25. The van der Waals surface area contributed by atoms with Gasteiger partial charge in [0.05, 0.1) is 0 Å². The average molecular weight is 194 g/mol. The quantitative estimate of drug-likeness (QED) is 0.435. The minimum atomic E-state index is -0.833. The van der Waals surface area contributed by atoms with Gasteiger partial charge in [-0.2, -0.15) is 5.26 Å². The van der Waals surface area contributed by atoms with Gasteiger partial charge in [-0.25, -0.2) is 4.79 Å². The molecule has 0 aliphatic carbocycles. The van der Waals surface area contributed by atoms with Crippen LogP contribution in [0.4, 0.5) is 0 Å². The number of Topliss-reactive ketones (excluding diaryl/α,β-unsaturated/α-hetero) is 1. The molecule has 6 nitrogen and oxygen atoms in total. The minimum Gasteiger partial charge on any atom is -0.481 e. The zero-order chi connectivity index (χ0) is 11.4. The highest BCUT2D eigenvalue weighted by atomic mass is 17.1. The molecular formula is C7H14O6. The summed E-state index contributed by atoms with van der Waals surface area (Å²) in [4.78, 5) is 30.9. The molecule has 0 saturated carbocycles.